The van der Waals surface area contributed by atoms with E-state index in [2.05, 4.69) is 10.2 Å². The maximum Gasteiger partial charge on any atom is 0.166 e. The van der Waals surface area contributed by atoms with Crippen molar-refractivity contribution in [1.82, 2.24) is 14.8 Å². The van der Waals surface area contributed by atoms with Crippen molar-refractivity contribution in [3.8, 4) is 11.4 Å². The summed E-state index contributed by atoms with van der Waals surface area (Å²) in [6, 6.07) is 0. The van der Waals surface area contributed by atoms with Crippen LogP contribution >= 0.6 is 22.9 Å². The van der Waals surface area contributed by atoms with E-state index >= 15 is 0 Å². The van der Waals surface area contributed by atoms with Gasteiger partial charge in [-0.05, 0) is 6.92 Å². The van der Waals surface area contributed by atoms with Gasteiger partial charge in [0.05, 0.1) is 5.02 Å². The van der Waals surface area contributed by atoms with E-state index in [1.165, 1.54) is 0 Å². The Morgan fingerprint density at radius 3 is 2.62 bits per heavy atom. The van der Waals surface area contributed by atoms with Crippen molar-refractivity contribution in [2.75, 3.05) is 0 Å². The van der Waals surface area contributed by atoms with Gasteiger partial charge in [-0.1, -0.05) is 11.6 Å². The van der Waals surface area contributed by atoms with Gasteiger partial charge in [0.2, 0.25) is 0 Å². The Bertz CT molecular complexity index is 432. The van der Waals surface area contributed by atoms with Gasteiger partial charge in [-0.3, -0.25) is 0 Å². The van der Waals surface area contributed by atoms with Crippen molar-refractivity contribution < 1.29 is 0 Å². The molecule has 2 aromatic rings. The Hall–Kier alpha value is -0.870. The van der Waals surface area contributed by atoms with Crippen LogP contribution in [0.3, 0.4) is 0 Å². The van der Waals surface area contributed by atoms with Gasteiger partial charge >= 0.3 is 0 Å². The molecule has 2 aromatic heterocycles. The van der Waals surface area contributed by atoms with E-state index in [0.717, 1.165) is 22.2 Å². The number of nitrogens with zero attached hydrogens (tertiary/aromatic N) is 3. The number of hydrogen-bond acceptors (Lipinski definition) is 3. The molecule has 0 atom stereocenters. The Labute approximate surface area is 85.0 Å². The SMILES string of the molecule is Cc1nnc(-c2cscc2Cl)n1C. The van der Waals surface area contributed by atoms with Crippen molar-refractivity contribution in [2.45, 2.75) is 6.92 Å². The molecule has 2 rings (SSSR count). The van der Waals surface area contributed by atoms with Crippen LogP contribution in [0.4, 0.5) is 0 Å². The molecule has 0 amide bonds. The Kier molecular flexibility index (Phi) is 2.09. The molecule has 0 unspecified atom stereocenters. The predicted octanol–water partition coefficient (Wildman–Crippen LogP) is 2.51. The third-order valence-corrected chi connectivity index (χ3v) is 3.13. The van der Waals surface area contributed by atoms with Gasteiger partial charge in [0.15, 0.2) is 5.82 Å². The number of rotatable bonds is 1. The molecule has 0 aliphatic rings. The summed E-state index contributed by atoms with van der Waals surface area (Å²) < 4.78 is 1.92. The van der Waals surface area contributed by atoms with E-state index in [4.69, 9.17) is 11.6 Å². The molecule has 0 bridgehead atoms. The first-order chi connectivity index (χ1) is 6.20. The lowest BCUT2D eigenvalue weighted by molar-refractivity contribution is 0.865. The average Bonchev–Trinajstić information content (AvgIpc) is 2.62. The number of aromatic nitrogens is 3. The molecule has 3 nitrogen and oxygen atoms in total. The highest BCUT2D eigenvalue weighted by atomic mass is 35.5. The molecule has 0 fully saturated rings. The lowest BCUT2D eigenvalue weighted by Gasteiger charge is -1.98. The van der Waals surface area contributed by atoms with Crippen molar-refractivity contribution in [1.29, 1.82) is 0 Å². The van der Waals surface area contributed by atoms with Gasteiger partial charge in [-0.2, -0.15) is 11.3 Å². The molecule has 0 aromatic carbocycles. The van der Waals surface area contributed by atoms with Crippen molar-refractivity contribution in [3.63, 3.8) is 0 Å². The van der Waals surface area contributed by atoms with Crippen LogP contribution in [0.15, 0.2) is 10.8 Å². The minimum absolute atomic E-state index is 0.737. The van der Waals surface area contributed by atoms with Gasteiger partial charge in [0.25, 0.3) is 0 Å². The summed E-state index contributed by atoms with van der Waals surface area (Å²) in [4.78, 5) is 0. The zero-order valence-electron chi connectivity index (χ0n) is 7.28. The maximum absolute atomic E-state index is 5.98. The van der Waals surface area contributed by atoms with Gasteiger partial charge in [-0.25, -0.2) is 0 Å². The fourth-order valence-electron chi connectivity index (χ4n) is 1.08. The van der Waals surface area contributed by atoms with Crippen LogP contribution in [0, 0.1) is 6.92 Å². The molecular formula is C8H8ClN3S. The van der Waals surface area contributed by atoms with Crippen LogP contribution in [-0.2, 0) is 7.05 Å². The van der Waals surface area contributed by atoms with Crippen LogP contribution in [0.2, 0.25) is 5.02 Å². The first kappa shape index (κ1) is 8.72. The second kappa shape index (κ2) is 3.12. The second-order valence-corrected chi connectivity index (χ2v) is 3.91. The van der Waals surface area contributed by atoms with Gasteiger partial charge in [-0.15, -0.1) is 10.2 Å². The largest absolute Gasteiger partial charge is 0.314 e. The molecule has 0 aliphatic carbocycles. The fourth-order valence-corrected chi connectivity index (χ4v) is 2.12. The lowest BCUT2D eigenvalue weighted by Crippen LogP contribution is -1.93. The number of aryl methyl sites for hydroxylation is 1. The summed E-state index contributed by atoms with van der Waals surface area (Å²) in [7, 11) is 1.93. The summed E-state index contributed by atoms with van der Waals surface area (Å²) >= 11 is 7.55. The average molecular weight is 214 g/mol. The van der Waals surface area contributed by atoms with E-state index in [0.29, 0.717) is 0 Å². The lowest BCUT2D eigenvalue weighted by atomic mass is 10.3. The molecule has 0 spiro atoms. The summed E-state index contributed by atoms with van der Waals surface area (Å²) in [6.07, 6.45) is 0. The van der Waals surface area contributed by atoms with Crippen LogP contribution in [-0.4, -0.2) is 14.8 Å². The topological polar surface area (TPSA) is 30.7 Å². The quantitative estimate of drug-likeness (QED) is 0.729. The summed E-state index contributed by atoms with van der Waals surface area (Å²) in [5.41, 5.74) is 0.953. The Morgan fingerprint density at radius 1 is 1.38 bits per heavy atom. The first-order valence-corrected chi connectivity index (χ1v) is 5.10. The number of halogens is 1. The Balaban J connectivity index is 2.59. The summed E-state index contributed by atoms with van der Waals surface area (Å²) in [5, 5.41) is 12.6. The number of thiophene rings is 1. The maximum atomic E-state index is 5.98. The van der Waals surface area contributed by atoms with Crippen molar-refractivity contribution >= 4 is 22.9 Å². The Morgan fingerprint density at radius 2 is 2.15 bits per heavy atom. The second-order valence-electron chi connectivity index (χ2n) is 2.76. The van der Waals surface area contributed by atoms with E-state index in [9.17, 15) is 0 Å². The van der Waals surface area contributed by atoms with Gasteiger partial charge in [0.1, 0.15) is 5.82 Å². The minimum Gasteiger partial charge on any atom is -0.314 e. The van der Waals surface area contributed by atoms with Crippen LogP contribution in [0.1, 0.15) is 5.82 Å². The zero-order valence-corrected chi connectivity index (χ0v) is 8.85. The van der Waals surface area contributed by atoms with Crippen LogP contribution in [0.5, 0.6) is 0 Å². The van der Waals surface area contributed by atoms with E-state index in [1.54, 1.807) is 11.3 Å². The monoisotopic (exact) mass is 213 g/mol. The molecule has 0 radical (unpaired) electrons. The molecule has 0 saturated heterocycles. The first-order valence-electron chi connectivity index (χ1n) is 3.78. The van der Waals surface area contributed by atoms with Gasteiger partial charge < -0.3 is 4.57 Å². The van der Waals surface area contributed by atoms with Crippen LogP contribution < -0.4 is 0 Å². The highest BCUT2D eigenvalue weighted by Gasteiger charge is 2.11. The van der Waals surface area contributed by atoms with Crippen LogP contribution in [0.25, 0.3) is 11.4 Å². The van der Waals surface area contributed by atoms with E-state index in [-0.39, 0.29) is 0 Å². The van der Waals surface area contributed by atoms with Gasteiger partial charge in [0, 0.05) is 23.4 Å². The molecule has 13 heavy (non-hydrogen) atoms. The van der Waals surface area contributed by atoms with E-state index < -0.39 is 0 Å². The summed E-state index contributed by atoms with van der Waals surface area (Å²) in [6.45, 7) is 1.91. The van der Waals surface area contributed by atoms with Crippen molar-refractivity contribution in [2.24, 2.45) is 7.05 Å². The number of hydrogen-bond donors (Lipinski definition) is 0. The molecule has 0 saturated carbocycles. The zero-order chi connectivity index (χ0) is 9.42. The highest BCUT2D eigenvalue weighted by Crippen LogP contribution is 2.29. The molecule has 2 heterocycles. The normalized spacial score (nSPS) is 10.7. The third kappa shape index (κ3) is 1.36. The molecule has 0 aliphatic heterocycles. The smallest absolute Gasteiger partial charge is 0.166 e. The fraction of sp³-hybridized carbons (Fsp3) is 0.250. The summed E-state index contributed by atoms with van der Waals surface area (Å²) in [5.74, 6) is 1.71. The molecule has 0 N–H and O–H groups in total. The van der Waals surface area contributed by atoms with Crippen molar-refractivity contribution in [3.05, 3.63) is 21.6 Å². The highest BCUT2D eigenvalue weighted by molar-refractivity contribution is 7.08. The molecule has 5 heteroatoms. The predicted molar refractivity (Wildman–Crippen MR) is 54.1 cm³/mol. The molecule has 68 valence electrons. The van der Waals surface area contributed by atoms with E-state index in [1.807, 2.05) is 29.3 Å². The standard InChI is InChI=1S/C8H8ClN3S/c1-5-10-11-8(12(5)2)6-3-13-4-7(6)9/h3-4H,1-2H3. The minimum atomic E-state index is 0.737. The molecular weight excluding hydrogens is 206 g/mol. The third-order valence-electron chi connectivity index (χ3n) is 1.95.